The van der Waals surface area contributed by atoms with Crippen molar-refractivity contribution in [2.45, 2.75) is 6.92 Å². The number of aromatic hydroxyl groups is 1. The van der Waals surface area contributed by atoms with Crippen molar-refractivity contribution in [1.82, 2.24) is 0 Å². The number of ether oxygens (including phenoxy) is 1. The fourth-order valence-electron chi connectivity index (χ4n) is 1.71. The van der Waals surface area contributed by atoms with Crippen LogP contribution in [-0.4, -0.2) is 22.2 Å². The number of carboxylic acids is 1. The molecule has 0 atom stereocenters. The van der Waals surface area contributed by atoms with Crippen LogP contribution in [0.2, 0.25) is 0 Å². The van der Waals surface area contributed by atoms with E-state index < -0.39 is 11.9 Å². The minimum atomic E-state index is -1.16. The second kappa shape index (κ2) is 5.44. The maximum absolute atomic E-state index is 12.0. The summed E-state index contributed by atoms with van der Waals surface area (Å²) in [6.45, 7) is 1.66. The first kappa shape index (κ1) is 13.6. The van der Waals surface area contributed by atoms with Crippen molar-refractivity contribution in [2.75, 3.05) is 0 Å². The van der Waals surface area contributed by atoms with Crippen molar-refractivity contribution in [3.05, 3.63) is 59.2 Å². The molecule has 0 aliphatic rings. The highest BCUT2D eigenvalue weighted by Gasteiger charge is 2.17. The summed E-state index contributed by atoms with van der Waals surface area (Å²) in [5.41, 5.74) is 0.705. The molecule has 2 aromatic carbocycles. The topological polar surface area (TPSA) is 83.8 Å². The third kappa shape index (κ3) is 2.77. The standard InChI is InChI=1S/C15H12O5/c1-9-3-2-4-12(14(17)18)13(9)20-15(19)10-5-7-11(16)8-6-10/h2-8,16H,1H3,(H,17,18). The van der Waals surface area contributed by atoms with Gasteiger partial charge in [-0.2, -0.15) is 0 Å². The van der Waals surface area contributed by atoms with Gasteiger partial charge in [0.25, 0.3) is 0 Å². The van der Waals surface area contributed by atoms with Gasteiger partial charge in [0.15, 0.2) is 0 Å². The molecule has 102 valence electrons. The van der Waals surface area contributed by atoms with Gasteiger partial charge in [-0.25, -0.2) is 9.59 Å². The van der Waals surface area contributed by atoms with E-state index in [9.17, 15) is 9.59 Å². The Morgan fingerprint density at radius 2 is 1.70 bits per heavy atom. The van der Waals surface area contributed by atoms with E-state index in [1.807, 2.05) is 0 Å². The van der Waals surface area contributed by atoms with Crippen LogP contribution < -0.4 is 4.74 Å². The van der Waals surface area contributed by atoms with Gasteiger partial charge in [0.2, 0.25) is 0 Å². The molecule has 0 fully saturated rings. The first-order chi connectivity index (χ1) is 9.49. The van der Waals surface area contributed by atoms with E-state index >= 15 is 0 Å². The number of aromatic carboxylic acids is 1. The molecule has 0 aromatic heterocycles. The van der Waals surface area contributed by atoms with Crippen LogP contribution in [0, 0.1) is 6.92 Å². The lowest BCUT2D eigenvalue weighted by Crippen LogP contribution is -2.12. The molecule has 0 amide bonds. The predicted octanol–water partition coefficient (Wildman–Crippen LogP) is 2.62. The average Bonchev–Trinajstić information content (AvgIpc) is 2.41. The molecule has 0 spiro atoms. The number of para-hydroxylation sites is 1. The van der Waals surface area contributed by atoms with Gasteiger partial charge in [-0.05, 0) is 42.8 Å². The number of carbonyl (C=O) groups is 2. The monoisotopic (exact) mass is 272 g/mol. The molecular formula is C15H12O5. The van der Waals surface area contributed by atoms with Crippen LogP contribution in [0.3, 0.4) is 0 Å². The first-order valence-corrected chi connectivity index (χ1v) is 5.83. The molecular weight excluding hydrogens is 260 g/mol. The molecule has 2 N–H and O–H groups in total. The molecule has 5 heteroatoms. The molecule has 0 radical (unpaired) electrons. The summed E-state index contributed by atoms with van der Waals surface area (Å²) in [7, 11) is 0. The van der Waals surface area contributed by atoms with Gasteiger partial charge in [-0.3, -0.25) is 0 Å². The van der Waals surface area contributed by atoms with Gasteiger partial charge < -0.3 is 14.9 Å². The number of hydrogen-bond donors (Lipinski definition) is 2. The number of rotatable bonds is 3. The minimum Gasteiger partial charge on any atom is -0.508 e. The van der Waals surface area contributed by atoms with Crippen molar-refractivity contribution in [3.63, 3.8) is 0 Å². The third-order valence-electron chi connectivity index (χ3n) is 2.74. The summed E-state index contributed by atoms with van der Waals surface area (Å²) < 4.78 is 5.16. The molecule has 0 unspecified atom stereocenters. The van der Waals surface area contributed by atoms with Gasteiger partial charge in [-0.15, -0.1) is 0 Å². The van der Waals surface area contributed by atoms with Crippen molar-refractivity contribution >= 4 is 11.9 Å². The van der Waals surface area contributed by atoms with E-state index in [0.717, 1.165) is 0 Å². The van der Waals surface area contributed by atoms with Crippen molar-refractivity contribution in [3.8, 4) is 11.5 Å². The molecule has 0 saturated carbocycles. The van der Waals surface area contributed by atoms with E-state index in [2.05, 4.69) is 0 Å². The van der Waals surface area contributed by atoms with Crippen molar-refractivity contribution < 1.29 is 24.5 Å². The zero-order valence-electron chi connectivity index (χ0n) is 10.7. The number of benzene rings is 2. The molecule has 20 heavy (non-hydrogen) atoms. The number of phenols is 1. The zero-order chi connectivity index (χ0) is 14.7. The summed E-state index contributed by atoms with van der Waals surface area (Å²) in [5.74, 6) is -1.79. The largest absolute Gasteiger partial charge is 0.508 e. The highest BCUT2D eigenvalue weighted by Crippen LogP contribution is 2.24. The molecule has 2 aromatic rings. The van der Waals surface area contributed by atoms with Crippen molar-refractivity contribution in [2.24, 2.45) is 0 Å². The van der Waals surface area contributed by atoms with Crippen LogP contribution in [0.5, 0.6) is 11.5 Å². The lowest BCUT2D eigenvalue weighted by atomic mass is 10.1. The van der Waals surface area contributed by atoms with Gasteiger partial charge >= 0.3 is 11.9 Å². The van der Waals surface area contributed by atoms with E-state index in [-0.39, 0.29) is 22.6 Å². The summed E-state index contributed by atoms with van der Waals surface area (Å²) >= 11 is 0. The van der Waals surface area contributed by atoms with E-state index in [1.165, 1.54) is 30.3 Å². The van der Waals surface area contributed by atoms with Gasteiger partial charge in [0.1, 0.15) is 17.1 Å². The quantitative estimate of drug-likeness (QED) is 0.662. The zero-order valence-corrected chi connectivity index (χ0v) is 10.7. The highest BCUT2D eigenvalue weighted by molar-refractivity contribution is 5.96. The molecule has 0 aliphatic heterocycles. The number of carbonyl (C=O) groups excluding carboxylic acids is 1. The second-order valence-electron chi connectivity index (χ2n) is 4.19. The van der Waals surface area contributed by atoms with Crippen LogP contribution in [0.15, 0.2) is 42.5 Å². The first-order valence-electron chi connectivity index (χ1n) is 5.83. The minimum absolute atomic E-state index is 0.0260. The Hall–Kier alpha value is -2.82. The summed E-state index contributed by atoms with van der Waals surface area (Å²) in [4.78, 5) is 23.1. The molecule has 0 aliphatic carbocycles. The number of hydrogen-bond acceptors (Lipinski definition) is 4. The highest BCUT2D eigenvalue weighted by atomic mass is 16.5. The fraction of sp³-hybridized carbons (Fsp3) is 0.0667. The van der Waals surface area contributed by atoms with Crippen LogP contribution in [0.25, 0.3) is 0 Å². The van der Waals surface area contributed by atoms with Crippen molar-refractivity contribution in [1.29, 1.82) is 0 Å². The van der Waals surface area contributed by atoms with Crippen LogP contribution in [-0.2, 0) is 0 Å². The lowest BCUT2D eigenvalue weighted by Gasteiger charge is -2.10. The van der Waals surface area contributed by atoms with Crippen LogP contribution in [0.4, 0.5) is 0 Å². The van der Waals surface area contributed by atoms with E-state index in [0.29, 0.717) is 5.56 Å². The second-order valence-corrected chi connectivity index (χ2v) is 4.19. The fourth-order valence-corrected chi connectivity index (χ4v) is 1.71. The van der Waals surface area contributed by atoms with E-state index in [4.69, 9.17) is 14.9 Å². The predicted molar refractivity (Wildman–Crippen MR) is 71.2 cm³/mol. The van der Waals surface area contributed by atoms with E-state index in [1.54, 1.807) is 19.1 Å². The Kier molecular flexibility index (Phi) is 3.70. The lowest BCUT2D eigenvalue weighted by molar-refractivity contribution is 0.0681. The summed E-state index contributed by atoms with van der Waals surface area (Å²) in [5, 5.41) is 18.2. The van der Waals surface area contributed by atoms with Gasteiger partial charge in [0, 0.05) is 0 Å². The number of esters is 1. The molecule has 0 saturated heterocycles. The van der Waals surface area contributed by atoms with Crippen LogP contribution >= 0.6 is 0 Å². The smallest absolute Gasteiger partial charge is 0.343 e. The summed E-state index contributed by atoms with van der Waals surface area (Å²) in [6.07, 6.45) is 0. The third-order valence-corrected chi connectivity index (χ3v) is 2.74. The Bertz CT molecular complexity index is 658. The molecule has 0 heterocycles. The molecule has 0 bridgehead atoms. The Morgan fingerprint density at radius 3 is 2.30 bits per heavy atom. The SMILES string of the molecule is Cc1cccc(C(=O)O)c1OC(=O)c1ccc(O)cc1. The number of carboxylic acid groups (broad SMARTS) is 1. The average molecular weight is 272 g/mol. The number of phenolic OH excluding ortho intramolecular Hbond substituents is 1. The summed E-state index contributed by atoms with van der Waals surface area (Å²) in [6, 6.07) is 10.1. The maximum Gasteiger partial charge on any atom is 0.343 e. The van der Waals surface area contributed by atoms with Crippen LogP contribution in [0.1, 0.15) is 26.3 Å². The number of aryl methyl sites for hydroxylation is 1. The molecule has 2 rings (SSSR count). The van der Waals surface area contributed by atoms with Gasteiger partial charge in [0.05, 0.1) is 5.56 Å². The maximum atomic E-state index is 12.0. The molecule has 5 nitrogen and oxygen atoms in total. The van der Waals surface area contributed by atoms with Gasteiger partial charge in [-0.1, -0.05) is 12.1 Å². The Labute approximate surface area is 115 Å². The Balaban J connectivity index is 2.32. The Morgan fingerprint density at radius 1 is 1.05 bits per heavy atom. The normalized spacial score (nSPS) is 10.1.